The van der Waals surface area contributed by atoms with Crippen molar-refractivity contribution >= 4 is 15.9 Å². The zero-order valence-corrected chi connectivity index (χ0v) is 12.8. The van der Waals surface area contributed by atoms with Gasteiger partial charge in [0.15, 0.2) is 0 Å². The second-order valence-electron chi connectivity index (χ2n) is 4.77. The number of phenols is 1. The molecule has 2 nitrogen and oxygen atoms in total. The fourth-order valence-electron chi connectivity index (χ4n) is 2.00. The highest BCUT2D eigenvalue weighted by Crippen LogP contribution is 2.21. The fraction of sp³-hybridized carbons (Fsp3) is 0.250. The summed E-state index contributed by atoms with van der Waals surface area (Å²) in [6.45, 7) is 2.87. The van der Waals surface area contributed by atoms with Crippen LogP contribution in [0.25, 0.3) is 0 Å². The first kappa shape index (κ1) is 15.0. The summed E-state index contributed by atoms with van der Waals surface area (Å²) in [5, 5.41) is 12.6. The number of phenolic OH excluding ortho intramolecular Hbond substituents is 1. The topological polar surface area (TPSA) is 32.3 Å². The lowest BCUT2D eigenvalue weighted by Crippen LogP contribution is -2.21. The Labute approximate surface area is 126 Å². The average molecular weight is 338 g/mol. The number of nitrogens with one attached hydrogen (secondary N) is 1. The lowest BCUT2D eigenvalue weighted by molar-refractivity contribution is 0.475. The van der Waals surface area contributed by atoms with Crippen LogP contribution in [0, 0.1) is 5.82 Å². The van der Waals surface area contributed by atoms with Crippen molar-refractivity contribution in [2.45, 2.75) is 19.4 Å². The van der Waals surface area contributed by atoms with Crippen LogP contribution < -0.4 is 5.32 Å². The van der Waals surface area contributed by atoms with E-state index in [2.05, 4.69) is 28.2 Å². The molecular formula is C16H17BrFNO. The molecule has 0 saturated heterocycles. The molecule has 1 unspecified atom stereocenters. The van der Waals surface area contributed by atoms with Crippen LogP contribution in [0.3, 0.4) is 0 Å². The third-order valence-electron chi connectivity index (χ3n) is 3.24. The van der Waals surface area contributed by atoms with Crippen molar-refractivity contribution in [3.8, 4) is 5.75 Å². The highest BCUT2D eigenvalue weighted by Gasteiger charge is 2.07. The monoisotopic (exact) mass is 337 g/mol. The SMILES string of the molecule is CC(NCCc1ccc(O)cc1)c1ccc(F)c(Br)c1. The number of hydrogen-bond donors (Lipinski definition) is 2. The van der Waals surface area contributed by atoms with E-state index in [1.807, 2.05) is 12.1 Å². The quantitative estimate of drug-likeness (QED) is 0.857. The van der Waals surface area contributed by atoms with Gasteiger partial charge in [0, 0.05) is 6.04 Å². The molecule has 2 rings (SSSR count). The highest BCUT2D eigenvalue weighted by molar-refractivity contribution is 9.10. The van der Waals surface area contributed by atoms with Crippen molar-refractivity contribution in [2.75, 3.05) is 6.54 Å². The minimum atomic E-state index is -0.245. The van der Waals surface area contributed by atoms with E-state index < -0.39 is 0 Å². The minimum Gasteiger partial charge on any atom is -0.508 e. The second kappa shape index (κ2) is 6.86. The normalized spacial score (nSPS) is 12.3. The lowest BCUT2D eigenvalue weighted by Gasteiger charge is -2.15. The molecule has 0 aliphatic rings. The van der Waals surface area contributed by atoms with E-state index in [1.165, 1.54) is 11.6 Å². The molecule has 2 aromatic rings. The number of benzene rings is 2. The van der Waals surface area contributed by atoms with Crippen molar-refractivity contribution in [2.24, 2.45) is 0 Å². The average Bonchev–Trinajstić information content (AvgIpc) is 2.44. The number of rotatable bonds is 5. The molecule has 0 radical (unpaired) electrons. The summed E-state index contributed by atoms with van der Waals surface area (Å²) in [6, 6.07) is 12.4. The summed E-state index contributed by atoms with van der Waals surface area (Å²) >= 11 is 3.20. The van der Waals surface area contributed by atoms with Gasteiger partial charge in [-0.15, -0.1) is 0 Å². The third kappa shape index (κ3) is 4.05. The van der Waals surface area contributed by atoms with Gasteiger partial charge in [0.05, 0.1) is 4.47 Å². The predicted octanol–water partition coefficient (Wildman–Crippen LogP) is 4.19. The largest absolute Gasteiger partial charge is 0.508 e. The highest BCUT2D eigenvalue weighted by atomic mass is 79.9. The first-order chi connectivity index (χ1) is 9.56. The Kier molecular flexibility index (Phi) is 5.15. The van der Waals surface area contributed by atoms with Crippen molar-refractivity contribution < 1.29 is 9.50 Å². The van der Waals surface area contributed by atoms with Crippen LogP contribution in [0.2, 0.25) is 0 Å². The van der Waals surface area contributed by atoms with Crippen molar-refractivity contribution in [1.82, 2.24) is 5.32 Å². The summed E-state index contributed by atoms with van der Waals surface area (Å²) < 4.78 is 13.7. The molecule has 0 fully saturated rings. The van der Waals surface area contributed by atoms with E-state index in [9.17, 15) is 9.50 Å². The molecule has 4 heteroatoms. The number of halogens is 2. The van der Waals surface area contributed by atoms with Gasteiger partial charge in [-0.05, 0) is 71.2 Å². The van der Waals surface area contributed by atoms with Crippen molar-refractivity contribution in [3.63, 3.8) is 0 Å². The molecule has 0 heterocycles. The van der Waals surface area contributed by atoms with Gasteiger partial charge in [0.25, 0.3) is 0 Å². The fourth-order valence-corrected chi connectivity index (χ4v) is 2.39. The van der Waals surface area contributed by atoms with Crippen LogP contribution in [-0.2, 0) is 6.42 Å². The molecule has 2 N–H and O–H groups in total. The Morgan fingerprint density at radius 3 is 2.55 bits per heavy atom. The van der Waals surface area contributed by atoms with Gasteiger partial charge in [-0.2, -0.15) is 0 Å². The Morgan fingerprint density at radius 2 is 1.90 bits per heavy atom. The molecule has 0 spiro atoms. The van der Waals surface area contributed by atoms with Crippen LogP contribution >= 0.6 is 15.9 Å². The molecular weight excluding hydrogens is 321 g/mol. The summed E-state index contributed by atoms with van der Waals surface area (Å²) in [7, 11) is 0. The molecule has 0 saturated carbocycles. The van der Waals surface area contributed by atoms with E-state index in [-0.39, 0.29) is 17.6 Å². The Balaban J connectivity index is 1.87. The van der Waals surface area contributed by atoms with Crippen LogP contribution in [0.15, 0.2) is 46.9 Å². The van der Waals surface area contributed by atoms with Gasteiger partial charge in [-0.3, -0.25) is 0 Å². The maximum absolute atomic E-state index is 13.2. The predicted molar refractivity (Wildman–Crippen MR) is 82.3 cm³/mol. The molecule has 20 heavy (non-hydrogen) atoms. The van der Waals surface area contributed by atoms with Crippen LogP contribution in [0.5, 0.6) is 5.75 Å². The summed E-state index contributed by atoms with van der Waals surface area (Å²) in [6.07, 6.45) is 0.882. The summed E-state index contributed by atoms with van der Waals surface area (Å²) in [5.74, 6) is 0.0382. The zero-order valence-electron chi connectivity index (χ0n) is 11.2. The second-order valence-corrected chi connectivity index (χ2v) is 5.62. The van der Waals surface area contributed by atoms with Crippen molar-refractivity contribution in [1.29, 1.82) is 0 Å². The minimum absolute atomic E-state index is 0.156. The maximum Gasteiger partial charge on any atom is 0.137 e. The van der Waals surface area contributed by atoms with Crippen LogP contribution in [0.1, 0.15) is 24.1 Å². The van der Waals surface area contributed by atoms with E-state index in [0.29, 0.717) is 4.47 Å². The first-order valence-electron chi connectivity index (χ1n) is 6.52. The standard InChI is InChI=1S/C16H17BrFNO/c1-11(13-4-7-16(18)15(17)10-13)19-9-8-12-2-5-14(20)6-3-12/h2-7,10-11,19-20H,8-9H2,1H3. The van der Waals surface area contributed by atoms with Gasteiger partial charge in [-0.1, -0.05) is 18.2 Å². The van der Waals surface area contributed by atoms with Gasteiger partial charge in [0.1, 0.15) is 11.6 Å². The smallest absolute Gasteiger partial charge is 0.137 e. The van der Waals surface area contributed by atoms with Gasteiger partial charge < -0.3 is 10.4 Å². The first-order valence-corrected chi connectivity index (χ1v) is 7.32. The van der Waals surface area contributed by atoms with Crippen molar-refractivity contribution in [3.05, 3.63) is 63.9 Å². The van der Waals surface area contributed by atoms with E-state index >= 15 is 0 Å². The Hall–Kier alpha value is -1.39. The van der Waals surface area contributed by atoms with Gasteiger partial charge in [0.2, 0.25) is 0 Å². The third-order valence-corrected chi connectivity index (χ3v) is 3.85. The molecule has 0 aliphatic heterocycles. The Morgan fingerprint density at radius 1 is 1.20 bits per heavy atom. The molecule has 0 amide bonds. The number of hydrogen-bond acceptors (Lipinski definition) is 2. The maximum atomic E-state index is 13.2. The Bertz CT molecular complexity index is 571. The molecule has 0 aromatic heterocycles. The van der Waals surface area contributed by atoms with E-state index in [4.69, 9.17) is 0 Å². The molecule has 1 atom stereocenters. The number of aromatic hydroxyl groups is 1. The van der Waals surface area contributed by atoms with Gasteiger partial charge in [-0.25, -0.2) is 4.39 Å². The van der Waals surface area contributed by atoms with Gasteiger partial charge >= 0.3 is 0 Å². The van der Waals surface area contributed by atoms with Crippen LogP contribution in [0.4, 0.5) is 4.39 Å². The molecule has 0 aliphatic carbocycles. The lowest BCUT2D eigenvalue weighted by atomic mass is 10.1. The van der Waals surface area contributed by atoms with E-state index in [0.717, 1.165) is 18.5 Å². The molecule has 106 valence electrons. The summed E-state index contributed by atoms with van der Waals surface area (Å²) in [5.41, 5.74) is 2.21. The van der Waals surface area contributed by atoms with E-state index in [1.54, 1.807) is 24.3 Å². The summed E-state index contributed by atoms with van der Waals surface area (Å²) in [4.78, 5) is 0. The molecule has 2 aromatic carbocycles. The van der Waals surface area contributed by atoms with Crippen LogP contribution in [-0.4, -0.2) is 11.7 Å². The molecule has 0 bridgehead atoms. The zero-order chi connectivity index (χ0) is 14.5.